The van der Waals surface area contributed by atoms with Crippen molar-refractivity contribution in [2.45, 2.75) is 0 Å². The van der Waals surface area contributed by atoms with Crippen LogP contribution in [0.15, 0.2) is 83.8 Å². The molecule has 4 rings (SSSR count). The number of hydrogen-bond donors (Lipinski definition) is 2. The second-order valence-electron chi connectivity index (χ2n) is 7.05. The molecule has 5 nitrogen and oxygen atoms in total. The molecule has 144 valence electrons. The number of benzene rings is 3. The molecule has 0 saturated carbocycles. The van der Waals surface area contributed by atoms with Gasteiger partial charge >= 0.3 is 0 Å². The van der Waals surface area contributed by atoms with Gasteiger partial charge in [-0.15, -0.1) is 0 Å². The van der Waals surface area contributed by atoms with Gasteiger partial charge in [0.2, 0.25) is 0 Å². The fourth-order valence-corrected chi connectivity index (χ4v) is 3.31. The van der Waals surface area contributed by atoms with E-state index in [0.717, 1.165) is 22.0 Å². The Balaban J connectivity index is 1.58. The van der Waals surface area contributed by atoms with Crippen molar-refractivity contribution in [2.24, 2.45) is 0 Å². The maximum Gasteiger partial charge on any atom is 0.256 e. The Morgan fingerprint density at radius 1 is 0.897 bits per heavy atom. The molecule has 0 bridgehead atoms. The Kier molecular flexibility index (Phi) is 4.87. The van der Waals surface area contributed by atoms with Crippen LogP contribution in [0.4, 0.5) is 11.4 Å². The molecule has 4 aromatic rings. The van der Waals surface area contributed by atoms with E-state index in [1.807, 2.05) is 79.7 Å². The van der Waals surface area contributed by atoms with E-state index >= 15 is 0 Å². The lowest BCUT2D eigenvalue weighted by atomic mass is 10.0. The van der Waals surface area contributed by atoms with Gasteiger partial charge in [0.05, 0.1) is 5.56 Å². The number of carbonyl (C=O) groups excluding carboxylic acids is 1. The van der Waals surface area contributed by atoms with E-state index in [9.17, 15) is 9.59 Å². The summed E-state index contributed by atoms with van der Waals surface area (Å²) in [5.41, 5.74) is 3.58. The van der Waals surface area contributed by atoms with Crippen LogP contribution in [0, 0.1) is 0 Å². The number of carbonyl (C=O) groups is 1. The smallest absolute Gasteiger partial charge is 0.256 e. The van der Waals surface area contributed by atoms with Crippen molar-refractivity contribution in [1.82, 2.24) is 4.98 Å². The molecule has 0 aliphatic rings. The van der Waals surface area contributed by atoms with Crippen molar-refractivity contribution in [3.63, 3.8) is 0 Å². The monoisotopic (exact) mass is 383 g/mol. The molecule has 3 aromatic carbocycles. The second kappa shape index (κ2) is 7.64. The summed E-state index contributed by atoms with van der Waals surface area (Å²) in [4.78, 5) is 29.7. The highest BCUT2D eigenvalue weighted by molar-refractivity contribution is 6.04. The van der Waals surface area contributed by atoms with Crippen molar-refractivity contribution in [3.05, 3.63) is 94.9 Å². The Labute approximate surface area is 168 Å². The summed E-state index contributed by atoms with van der Waals surface area (Å²) in [5.74, 6) is -0.175. The maximum absolute atomic E-state index is 12.5. The third kappa shape index (κ3) is 3.75. The first-order valence-electron chi connectivity index (χ1n) is 9.32. The lowest BCUT2D eigenvalue weighted by molar-refractivity contribution is 0.102. The zero-order valence-corrected chi connectivity index (χ0v) is 16.3. The summed E-state index contributed by atoms with van der Waals surface area (Å²) in [6.45, 7) is 0. The van der Waals surface area contributed by atoms with E-state index in [1.54, 1.807) is 18.3 Å². The summed E-state index contributed by atoms with van der Waals surface area (Å²) in [7, 11) is 3.91. The molecule has 0 aliphatic carbocycles. The summed E-state index contributed by atoms with van der Waals surface area (Å²) < 4.78 is 0. The predicted molar refractivity (Wildman–Crippen MR) is 119 cm³/mol. The second-order valence-corrected chi connectivity index (χ2v) is 7.05. The number of pyridine rings is 1. The zero-order chi connectivity index (χ0) is 20.4. The predicted octanol–water partition coefficient (Wildman–Crippen LogP) is 4.51. The number of hydrogen-bond acceptors (Lipinski definition) is 3. The van der Waals surface area contributed by atoms with Gasteiger partial charge in [-0.3, -0.25) is 9.59 Å². The SMILES string of the molecule is CN(C)c1ccc(C(=O)Nc2ccc(-c3c(=O)[nH]cc4ccccc34)cc2)cc1. The molecule has 0 radical (unpaired) electrons. The largest absolute Gasteiger partial charge is 0.378 e. The normalized spacial score (nSPS) is 10.7. The highest BCUT2D eigenvalue weighted by atomic mass is 16.1. The van der Waals surface area contributed by atoms with Crippen molar-refractivity contribution < 1.29 is 4.79 Å². The molecule has 0 atom stereocenters. The van der Waals surface area contributed by atoms with E-state index in [2.05, 4.69) is 10.3 Å². The van der Waals surface area contributed by atoms with Crippen LogP contribution < -0.4 is 15.8 Å². The van der Waals surface area contributed by atoms with Gasteiger partial charge in [-0.1, -0.05) is 36.4 Å². The van der Waals surface area contributed by atoms with Crippen molar-refractivity contribution in [1.29, 1.82) is 0 Å². The van der Waals surface area contributed by atoms with Crippen LogP contribution in [0.1, 0.15) is 10.4 Å². The summed E-state index contributed by atoms with van der Waals surface area (Å²) in [5, 5.41) is 4.77. The number of aromatic amines is 1. The number of amides is 1. The minimum absolute atomic E-state index is 0.138. The molecule has 0 saturated heterocycles. The van der Waals surface area contributed by atoms with Crippen LogP contribution >= 0.6 is 0 Å². The van der Waals surface area contributed by atoms with Gasteiger partial charge in [-0.05, 0) is 52.7 Å². The molecule has 2 N–H and O–H groups in total. The van der Waals surface area contributed by atoms with E-state index < -0.39 is 0 Å². The molecule has 1 amide bonds. The molecule has 1 aromatic heterocycles. The standard InChI is InChI=1S/C24H21N3O2/c1-27(2)20-13-9-17(10-14-20)23(28)26-19-11-7-16(8-12-19)22-21-6-4-3-5-18(21)15-25-24(22)29/h3-15H,1-2H3,(H,25,29)(H,26,28). The highest BCUT2D eigenvalue weighted by Crippen LogP contribution is 2.26. The first-order valence-corrected chi connectivity index (χ1v) is 9.32. The van der Waals surface area contributed by atoms with Gasteiger partial charge in [0, 0.05) is 37.2 Å². The van der Waals surface area contributed by atoms with Crippen molar-refractivity contribution in [3.8, 4) is 11.1 Å². The van der Waals surface area contributed by atoms with Crippen LogP contribution in [-0.2, 0) is 0 Å². The Bertz CT molecular complexity index is 1220. The molecular formula is C24H21N3O2. The quantitative estimate of drug-likeness (QED) is 0.545. The molecule has 0 aliphatic heterocycles. The molecule has 1 heterocycles. The van der Waals surface area contributed by atoms with Crippen LogP contribution in [0.2, 0.25) is 0 Å². The fourth-order valence-electron chi connectivity index (χ4n) is 3.31. The minimum atomic E-state index is -0.175. The molecule has 5 heteroatoms. The van der Waals surface area contributed by atoms with Crippen LogP contribution in [0.5, 0.6) is 0 Å². The number of anilines is 2. The third-order valence-corrected chi connectivity index (χ3v) is 4.89. The molecule has 0 fully saturated rings. The molecule has 0 spiro atoms. The van der Waals surface area contributed by atoms with E-state index in [-0.39, 0.29) is 11.5 Å². The Hall–Kier alpha value is -3.86. The van der Waals surface area contributed by atoms with Crippen molar-refractivity contribution in [2.75, 3.05) is 24.3 Å². The average Bonchev–Trinajstić information content (AvgIpc) is 2.74. The average molecular weight is 383 g/mol. The summed E-state index contributed by atoms with van der Waals surface area (Å²) in [6, 6.07) is 22.5. The first-order chi connectivity index (χ1) is 14.0. The van der Waals surface area contributed by atoms with Gasteiger partial charge in [0.25, 0.3) is 11.5 Å². The van der Waals surface area contributed by atoms with Gasteiger partial charge in [0.15, 0.2) is 0 Å². The topological polar surface area (TPSA) is 65.2 Å². The lowest BCUT2D eigenvalue weighted by Gasteiger charge is -2.13. The molecule has 0 unspecified atom stereocenters. The lowest BCUT2D eigenvalue weighted by Crippen LogP contribution is -2.13. The van der Waals surface area contributed by atoms with E-state index in [4.69, 9.17) is 0 Å². The first kappa shape index (κ1) is 18.5. The highest BCUT2D eigenvalue weighted by Gasteiger charge is 2.10. The van der Waals surface area contributed by atoms with Crippen LogP contribution in [0.25, 0.3) is 21.9 Å². The number of aromatic nitrogens is 1. The summed E-state index contributed by atoms with van der Waals surface area (Å²) >= 11 is 0. The van der Waals surface area contributed by atoms with Gasteiger partial charge in [0.1, 0.15) is 0 Å². The number of nitrogens with zero attached hydrogens (tertiary/aromatic N) is 1. The Morgan fingerprint density at radius 3 is 2.28 bits per heavy atom. The van der Waals surface area contributed by atoms with Crippen LogP contribution in [-0.4, -0.2) is 25.0 Å². The number of nitrogens with one attached hydrogen (secondary N) is 2. The van der Waals surface area contributed by atoms with Crippen LogP contribution in [0.3, 0.4) is 0 Å². The molecule has 29 heavy (non-hydrogen) atoms. The van der Waals surface area contributed by atoms with Crippen molar-refractivity contribution >= 4 is 28.1 Å². The van der Waals surface area contributed by atoms with Gasteiger partial charge in [-0.25, -0.2) is 0 Å². The zero-order valence-electron chi connectivity index (χ0n) is 16.3. The van der Waals surface area contributed by atoms with Gasteiger partial charge in [-0.2, -0.15) is 0 Å². The number of H-pyrrole nitrogens is 1. The third-order valence-electron chi connectivity index (χ3n) is 4.89. The Morgan fingerprint density at radius 2 is 1.59 bits per heavy atom. The van der Waals surface area contributed by atoms with E-state index in [0.29, 0.717) is 16.8 Å². The molecular weight excluding hydrogens is 362 g/mol. The summed E-state index contributed by atoms with van der Waals surface area (Å²) in [6.07, 6.45) is 1.72. The maximum atomic E-state index is 12.5. The fraction of sp³-hybridized carbons (Fsp3) is 0.0833. The minimum Gasteiger partial charge on any atom is -0.378 e. The number of rotatable bonds is 4. The van der Waals surface area contributed by atoms with Gasteiger partial charge < -0.3 is 15.2 Å². The van der Waals surface area contributed by atoms with E-state index in [1.165, 1.54) is 0 Å². The number of fused-ring (bicyclic) bond motifs is 1.